The van der Waals surface area contributed by atoms with Crippen molar-refractivity contribution in [2.45, 2.75) is 40.5 Å². The predicted octanol–water partition coefficient (Wildman–Crippen LogP) is 3.83. The van der Waals surface area contributed by atoms with Crippen LogP contribution in [-0.2, 0) is 12.8 Å². The summed E-state index contributed by atoms with van der Waals surface area (Å²) < 4.78 is 0. The van der Waals surface area contributed by atoms with Crippen molar-refractivity contribution < 1.29 is 0 Å². The summed E-state index contributed by atoms with van der Waals surface area (Å²) in [6.45, 7) is 8.48. The van der Waals surface area contributed by atoms with E-state index in [9.17, 15) is 10.5 Å². The van der Waals surface area contributed by atoms with Crippen LogP contribution in [0.25, 0.3) is 0 Å². The first-order chi connectivity index (χ1) is 8.49. The summed E-state index contributed by atoms with van der Waals surface area (Å²) in [6.07, 6.45) is 1.69. The third-order valence-corrected chi connectivity index (χ3v) is 2.86. The van der Waals surface area contributed by atoms with Crippen molar-refractivity contribution in [1.82, 2.24) is 0 Å². The Labute approximate surface area is 110 Å². The van der Waals surface area contributed by atoms with Gasteiger partial charge in [-0.15, -0.1) is 0 Å². The molecule has 0 aliphatic rings. The number of benzene rings is 1. The van der Waals surface area contributed by atoms with Crippen LogP contribution < -0.4 is 0 Å². The van der Waals surface area contributed by atoms with E-state index in [1.165, 1.54) is 0 Å². The highest BCUT2D eigenvalue weighted by molar-refractivity contribution is 5.54. The van der Waals surface area contributed by atoms with Gasteiger partial charge in [0, 0.05) is 0 Å². The van der Waals surface area contributed by atoms with E-state index in [0.29, 0.717) is 23.0 Å². The summed E-state index contributed by atoms with van der Waals surface area (Å²) in [6, 6.07) is 8.45. The Hall–Kier alpha value is -1.80. The number of hydrogen-bond donors (Lipinski definition) is 0. The summed E-state index contributed by atoms with van der Waals surface area (Å²) in [5.74, 6) is 0.971. The SMILES string of the molecule is CC(C)Cc1ccc(CC(C)C)c(C#N)c1C#N. The molecule has 0 spiro atoms. The highest BCUT2D eigenvalue weighted by Gasteiger charge is 2.14. The van der Waals surface area contributed by atoms with E-state index in [1.54, 1.807) is 0 Å². The normalized spacial score (nSPS) is 10.4. The fourth-order valence-corrected chi connectivity index (χ4v) is 2.16. The van der Waals surface area contributed by atoms with Crippen molar-refractivity contribution in [3.63, 3.8) is 0 Å². The third-order valence-electron chi connectivity index (χ3n) is 2.86. The molecule has 2 heteroatoms. The largest absolute Gasteiger partial charge is 0.192 e. The van der Waals surface area contributed by atoms with E-state index in [1.807, 2.05) is 12.1 Å². The van der Waals surface area contributed by atoms with E-state index in [2.05, 4.69) is 39.8 Å². The Morgan fingerprint density at radius 3 is 1.39 bits per heavy atom. The molecule has 0 saturated carbocycles. The van der Waals surface area contributed by atoms with Crippen LogP contribution in [0.4, 0.5) is 0 Å². The maximum absolute atomic E-state index is 9.30. The Bertz CT molecular complexity index is 452. The molecule has 0 atom stereocenters. The number of nitriles is 2. The molecular formula is C16H20N2. The second-order valence-corrected chi connectivity index (χ2v) is 5.55. The first kappa shape index (κ1) is 14.3. The molecule has 0 amide bonds. The average Bonchev–Trinajstić information content (AvgIpc) is 2.29. The molecule has 0 aliphatic carbocycles. The molecule has 0 unspecified atom stereocenters. The molecule has 1 rings (SSSR count). The number of nitrogens with zero attached hydrogens (tertiary/aromatic N) is 2. The van der Waals surface area contributed by atoms with E-state index in [-0.39, 0.29) is 0 Å². The smallest absolute Gasteiger partial charge is 0.101 e. The zero-order chi connectivity index (χ0) is 13.7. The van der Waals surface area contributed by atoms with Gasteiger partial charge in [-0.25, -0.2) is 0 Å². The lowest BCUT2D eigenvalue weighted by Gasteiger charge is -2.13. The number of rotatable bonds is 4. The summed E-state index contributed by atoms with van der Waals surface area (Å²) >= 11 is 0. The zero-order valence-corrected chi connectivity index (χ0v) is 11.6. The lowest BCUT2D eigenvalue weighted by Crippen LogP contribution is -2.04. The van der Waals surface area contributed by atoms with Gasteiger partial charge in [0.25, 0.3) is 0 Å². The summed E-state index contributed by atoms with van der Waals surface area (Å²) in [4.78, 5) is 0. The Kier molecular flexibility index (Phi) is 4.93. The zero-order valence-electron chi connectivity index (χ0n) is 11.6. The summed E-state index contributed by atoms with van der Waals surface area (Å²) in [5, 5.41) is 18.6. The van der Waals surface area contributed by atoms with Gasteiger partial charge in [-0.1, -0.05) is 39.8 Å². The molecule has 0 fully saturated rings. The van der Waals surface area contributed by atoms with E-state index in [0.717, 1.165) is 24.0 Å². The monoisotopic (exact) mass is 240 g/mol. The molecule has 0 heterocycles. The molecule has 0 N–H and O–H groups in total. The predicted molar refractivity (Wildman–Crippen MR) is 73.0 cm³/mol. The van der Waals surface area contributed by atoms with Gasteiger partial charge in [0.2, 0.25) is 0 Å². The molecule has 0 saturated heterocycles. The van der Waals surface area contributed by atoms with Gasteiger partial charge in [-0.2, -0.15) is 10.5 Å². The molecule has 1 aromatic carbocycles. The molecule has 1 aromatic rings. The van der Waals surface area contributed by atoms with Crippen LogP contribution in [0.15, 0.2) is 12.1 Å². The molecule has 0 aromatic heterocycles. The first-order valence-corrected chi connectivity index (χ1v) is 6.44. The van der Waals surface area contributed by atoms with Crippen LogP contribution >= 0.6 is 0 Å². The Morgan fingerprint density at radius 1 is 0.833 bits per heavy atom. The minimum Gasteiger partial charge on any atom is -0.192 e. The van der Waals surface area contributed by atoms with Crippen LogP contribution in [0.3, 0.4) is 0 Å². The summed E-state index contributed by atoms with van der Waals surface area (Å²) in [5.41, 5.74) is 3.14. The second-order valence-electron chi connectivity index (χ2n) is 5.55. The van der Waals surface area contributed by atoms with Crippen molar-refractivity contribution >= 4 is 0 Å². The van der Waals surface area contributed by atoms with Gasteiger partial charge < -0.3 is 0 Å². The van der Waals surface area contributed by atoms with Gasteiger partial charge in [-0.3, -0.25) is 0 Å². The van der Waals surface area contributed by atoms with Crippen molar-refractivity contribution in [2.75, 3.05) is 0 Å². The molecule has 0 aliphatic heterocycles. The Balaban J connectivity index is 3.29. The lowest BCUT2D eigenvalue weighted by atomic mass is 9.89. The minimum atomic E-state index is 0.486. The molecular weight excluding hydrogens is 220 g/mol. The second kappa shape index (κ2) is 6.22. The number of hydrogen-bond acceptors (Lipinski definition) is 2. The summed E-state index contributed by atoms with van der Waals surface area (Å²) in [7, 11) is 0. The average molecular weight is 240 g/mol. The fourth-order valence-electron chi connectivity index (χ4n) is 2.16. The van der Waals surface area contributed by atoms with Crippen LogP contribution in [-0.4, -0.2) is 0 Å². The van der Waals surface area contributed by atoms with Gasteiger partial charge in [0.1, 0.15) is 12.1 Å². The van der Waals surface area contributed by atoms with Crippen molar-refractivity contribution in [2.24, 2.45) is 11.8 Å². The first-order valence-electron chi connectivity index (χ1n) is 6.44. The minimum absolute atomic E-state index is 0.486. The van der Waals surface area contributed by atoms with Crippen LogP contribution in [0.2, 0.25) is 0 Å². The van der Waals surface area contributed by atoms with E-state index in [4.69, 9.17) is 0 Å². The molecule has 2 nitrogen and oxygen atoms in total. The fraction of sp³-hybridized carbons (Fsp3) is 0.500. The maximum atomic E-state index is 9.30. The van der Waals surface area contributed by atoms with Crippen molar-refractivity contribution in [3.05, 3.63) is 34.4 Å². The van der Waals surface area contributed by atoms with Crippen LogP contribution in [0, 0.1) is 34.5 Å². The van der Waals surface area contributed by atoms with Gasteiger partial charge >= 0.3 is 0 Å². The standard InChI is InChI=1S/C16H20N2/c1-11(2)7-13-5-6-14(8-12(3)4)16(10-18)15(13)9-17/h5-6,11-12H,7-8H2,1-4H3. The van der Waals surface area contributed by atoms with E-state index >= 15 is 0 Å². The molecule has 18 heavy (non-hydrogen) atoms. The topological polar surface area (TPSA) is 47.6 Å². The van der Waals surface area contributed by atoms with Gasteiger partial charge in [0.15, 0.2) is 0 Å². The lowest BCUT2D eigenvalue weighted by molar-refractivity contribution is 0.638. The van der Waals surface area contributed by atoms with Crippen LogP contribution in [0.5, 0.6) is 0 Å². The quantitative estimate of drug-likeness (QED) is 0.803. The maximum Gasteiger partial charge on any atom is 0.101 e. The van der Waals surface area contributed by atoms with Gasteiger partial charge in [0.05, 0.1) is 11.1 Å². The molecule has 94 valence electrons. The third kappa shape index (κ3) is 3.34. The highest BCUT2D eigenvalue weighted by atomic mass is 14.3. The van der Waals surface area contributed by atoms with Crippen LogP contribution in [0.1, 0.15) is 49.9 Å². The van der Waals surface area contributed by atoms with Gasteiger partial charge in [-0.05, 0) is 35.8 Å². The highest BCUT2D eigenvalue weighted by Crippen LogP contribution is 2.23. The van der Waals surface area contributed by atoms with E-state index < -0.39 is 0 Å². The molecule has 0 bridgehead atoms. The Morgan fingerprint density at radius 2 is 1.17 bits per heavy atom. The molecule has 0 radical (unpaired) electrons. The van der Waals surface area contributed by atoms with Crippen molar-refractivity contribution in [1.29, 1.82) is 10.5 Å². The van der Waals surface area contributed by atoms with Crippen molar-refractivity contribution in [3.8, 4) is 12.1 Å².